The SMILES string of the molecule is COC(C)C(=O)N1Cc2ccc(C(=O)O)cc2C1. The topological polar surface area (TPSA) is 66.8 Å². The molecule has 1 aromatic rings. The van der Waals surface area contributed by atoms with Crippen molar-refractivity contribution in [2.24, 2.45) is 0 Å². The van der Waals surface area contributed by atoms with Crippen molar-refractivity contribution >= 4 is 11.9 Å². The largest absolute Gasteiger partial charge is 0.478 e. The molecule has 1 unspecified atom stereocenters. The minimum Gasteiger partial charge on any atom is -0.478 e. The number of hydrogen-bond acceptors (Lipinski definition) is 3. The van der Waals surface area contributed by atoms with Gasteiger partial charge in [-0.25, -0.2) is 4.79 Å². The van der Waals surface area contributed by atoms with Crippen molar-refractivity contribution in [3.63, 3.8) is 0 Å². The molecule has 5 heteroatoms. The van der Waals surface area contributed by atoms with Crippen LogP contribution in [0.15, 0.2) is 18.2 Å². The highest BCUT2D eigenvalue weighted by Gasteiger charge is 2.27. The van der Waals surface area contributed by atoms with Crippen molar-refractivity contribution in [3.05, 3.63) is 34.9 Å². The van der Waals surface area contributed by atoms with Gasteiger partial charge in [0.2, 0.25) is 0 Å². The predicted molar refractivity (Wildman–Crippen MR) is 64.1 cm³/mol. The van der Waals surface area contributed by atoms with Gasteiger partial charge in [-0.3, -0.25) is 4.79 Å². The highest BCUT2D eigenvalue weighted by molar-refractivity contribution is 5.88. The van der Waals surface area contributed by atoms with Gasteiger partial charge in [-0.05, 0) is 30.2 Å². The van der Waals surface area contributed by atoms with Crippen LogP contribution in [-0.2, 0) is 22.6 Å². The summed E-state index contributed by atoms with van der Waals surface area (Å²) in [4.78, 5) is 24.5. The van der Waals surface area contributed by atoms with E-state index in [2.05, 4.69) is 0 Å². The van der Waals surface area contributed by atoms with Gasteiger partial charge in [0.25, 0.3) is 5.91 Å². The van der Waals surface area contributed by atoms with Gasteiger partial charge in [-0.1, -0.05) is 6.07 Å². The van der Waals surface area contributed by atoms with Gasteiger partial charge in [0, 0.05) is 20.2 Å². The zero-order chi connectivity index (χ0) is 13.3. The number of amides is 1. The smallest absolute Gasteiger partial charge is 0.335 e. The monoisotopic (exact) mass is 249 g/mol. The summed E-state index contributed by atoms with van der Waals surface area (Å²) in [6, 6.07) is 4.96. The molecule has 1 amide bonds. The minimum atomic E-state index is -0.951. The molecule has 0 spiro atoms. The molecule has 0 radical (unpaired) electrons. The van der Waals surface area contributed by atoms with Crippen LogP contribution < -0.4 is 0 Å². The third-order valence-electron chi connectivity index (χ3n) is 3.19. The van der Waals surface area contributed by atoms with Crippen LogP contribution in [0.25, 0.3) is 0 Å². The molecule has 18 heavy (non-hydrogen) atoms. The molecule has 0 bridgehead atoms. The molecule has 2 rings (SSSR count). The molecule has 1 aliphatic rings. The molecular weight excluding hydrogens is 234 g/mol. The van der Waals surface area contributed by atoms with Crippen LogP contribution >= 0.6 is 0 Å². The minimum absolute atomic E-state index is 0.0782. The number of carboxylic acid groups (broad SMARTS) is 1. The van der Waals surface area contributed by atoms with E-state index < -0.39 is 12.1 Å². The average molecular weight is 249 g/mol. The van der Waals surface area contributed by atoms with Crippen LogP contribution in [0.5, 0.6) is 0 Å². The van der Waals surface area contributed by atoms with Gasteiger partial charge in [-0.15, -0.1) is 0 Å². The van der Waals surface area contributed by atoms with E-state index in [9.17, 15) is 9.59 Å². The zero-order valence-corrected chi connectivity index (χ0v) is 10.3. The Morgan fingerprint density at radius 2 is 2.00 bits per heavy atom. The first kappa shape index (κ1) is 12.6. The summed E-state index contributed by atoms with van der Waals surface area (Å²) in [5, 5.41) is 8.92. The summed E-state index contributed by atoms with van der Waals surface area (Å²) < 4.78 is 5.00. The van der Waals surface area contributed by atoms with Gasteiger partial charge in [0.05, 0.1) is 5.56 Å². The number of hydrogen-bond donors (Lipinski definition) is 1. The number of carbonyl (C=O) groups is 2. The van der Waals surface area contributed by atoms with Crippen LogP contribution in [-0.4, -0.2) is 35.1 Å². The molecule has 1 aromatic carbocycles. The molecule has 5 nitrogen and oxygen atoms in total. The molecule has 0 saturated heterocycles. The number of ether oxygens (including phenoxy) is 1. The molecule has 0 fully saturated rings. The van der Waals surface area contributed by atoms with Gasteiger partial charge < -0.3 is 14.7 Å². The number of fused-ring (bicyclic) bond motifs is 1. The van der Waals surface area contributed by atoms with Crippen LogP contribution in [0.4, 0.5) is 0 Å². The van der Waals surface area contributed by atoms with E-state index in [1.165, 1.54) is 7.11 Å². The lowest BCUT2D eigenvalue weighted by atomic mass is 10.1. The second-order valence-electron chi connectivity index (χ2n) is 4.36. The van der Waals surface area contributed by atoms with Gasteiger partial charge in [-0.2, -0.15) is 0 Å². The number of rotatable bonds is 3. The van der Waals surface area contributed by atoms with Crippen LogP contribution in [0.2, 0.25) is 0 Å². The Bertz CT molecular complexity index is 498. The Morgan fingerprint density at radius 3 is 2.61 bits per heavy atom. The molecule has 0 saturated carbocycles. The molecule has 0 aromatic heterocycles. The predicted octanol–water partition coefficient (Wildman–Crippen LogP) is 1.26. The summed E-state index contributed by atoms with van der Waals surface area (Å²) in [5.41, 5.74) is 2.14. The van der Waals surface area contributed by atoms with E-state index in [1.54, 1.807) is 30.0 Å². The quantitative estimate of drug-likeness (QED) is 0.875. The van der Waals surface area contributed by atoms with Gasteiger partial charge in [0.1, 0.15) is 6.10 Å². The third-order valence-corrected chi connectivity index (χ3v) is 3.19. The van der Waals surface area contributed by atoms with Crippen LogP contribution in [0, 0.1) is 0 Å². The number of benzene rings is 1. The molecule has 1 aliphatic heterocycles. The fourth-order valence-electron chi connectivity index (χ4n) is 2.04. The molecular formula is C13H15NO4. The maximum absolute atomic E-state index is 11.9. The summed E-state index contributed by atoms with van der Waals surface area (Å²) in [7, 11) is 1.49. The average Bonchev–Trinajstić information content (AvgIpc) is 2.79. The third kappa shape index (κ3) is 2.22. The lowest BCUT2D eigenvalue weighted by Gasteiger charge is -2.19. The Kier molecular flexibility index (Phi) is 3.34. The first-order valence-corrected chi connectivity index (χ1v) is 5.69. The molecule has 1 atom stereocenters. The summed E-state index contributed by atoms with van der Waals surface area (Å²) >= 11 is 0. The van der Waals surface area contributed by atoms with Gasteiger partial charge >= 0.3 is 5.97 Å². The Morgan fingerprint density at radius 1 is 1.33 bits per heavy atom. The Balaban J connectivity index is 2.18. The Labute approximate surface area is 105 Å². The molecule has 1 N–H and O–H groups in total. The van der Waals surface area contributed by atoms with Crippen molar-refractivity contribution in [1.82, 2.24) is 4.90 Å². The molecule has 0 aliphatic carbocycles. The molecule has 96 valence electrons. The fraction of sp³-hybridized carbons (Fsp3) is 0.385. The number of carbonyl (C=O) groups excluding carboxylic acids is 1. The second-order valence-corrected chi connectivity index (χ2v) is 4.36. The first-order chi connectivity index (χ1) is 8.52. The van der Waals surface area contributed by atoms with E-state index in [1.807, 2.05) is 0 Å². The first-order valence-electron chi connectivity index (χ1n) is 5.69. The maximum Gasteiger partial charge on any atom is 0.335 e. The van der Waals surface area contributed by atoms with E-state index in [0.717, 1.165) is 11.1 Å². The molecule has 1 heterocycles. The van der Waals surface area contributed by atoms with Crippen molar-refractivity contribution in [2.75, 3.05) is 7.11 Å². The van der Waals surface area contributed by atoms with E-state index >= 15 is 0 Å². The van der Waals surface area contributed by atoms with E-state index in [4.69, 9.17) is 9.84 Å². The van der Waals surface area contributed by atoms with Crippen molar-refractivity contribution in [2.45, 2.75) is 26.1 Å². The normalized spacial score (nSPS) is 15.3. The summed E-state index contributed by atoms with van der Waals surface area (Å²) in [6.45, 7) is 2.67. The summed E-state index contributed by atoms with van der Waals surface area (Å²) in [5.74, 6) is -1.03. The maximum atomic E-state index is 11.9. The number of methoxy groups -OCH3 is 1. The highest BCUT2D eigenvalue weighted by Crippen LogP contribution is 2.24. The number of aromatic carboxylic acids is 1. The van der Waals surface area contributed by atoms with Crippen molar-refractivity contribution in [3.8, 4) is 0 Å². The number of nitrogens with zero attached hydrogens (tertiary/aromatic N) is 1. The zero-order valence-electron chi connectivity index (χ0n) is 10.3. The fourth-order valence-corrected chi connectivity index (χ4v) is 2.04. The lowest BCUT2D eigenvalue weighted by Crippen LogP contribution is -2.34. The van der Waals surface area contributed by atoms with Gasteiger partial charge in [0.15, 0.2) is 0 Å². The Hall–Kier alpha value is -1.88. The summed E-state index contributed by atoms with van der Waals surface area (Å²) in [6.07, 6.45) is -0.474. The van der Waals surface area contributed by atoms with E-state index in [-0.39, 0.29) is 11.5 Å². The van der Waals surface area contributed by atoms with Crippen molar-refractivity contribution in [1.29, 1.82) is 0 Å². The lowest BCUT2D eigenvalue weighted by molar-refractivity contribution is -0.141. The second kappa shape index (κ2) is 4.78. The van der Waals surface area contributed by atoms with E-state index in [0.29, 0.717) is 13.1 Å². The van der Waals surface area contributed by atoms with Crippen molar-refractivity contribution < 1.29 is 19.4 Å². The standard InChI is InChI=1S/C13H15NO4/c1-8(18-2)12(15)14-6-10-4-3-9(13(16)17)5-11(10)7-14/h3-5,8H,6-7H2,1-2H3,(H,16,17). The highest BCUT2D eigenvalue weighted by atomic mass is 16.5. The number of carboxylic acids is 1. The van der Waals surface area contributed by atoms with Crippen LogP contribution in [0.1, 0.15) is 28.4 Å². The van der Waals surface area contributed by atoms with Crippen LogP contribution in [0.3, 0.4) is 0 Å².